The molecule has 0 saturated carbocycles. The van der Waals surface area contributed by atoms with Gasteiger partial charge in [-0.15, -0.1) is 0 Å². The van der Waals surface area contributed by atoms with E-state index in [4.69, 9.17) is 5.73 Å². The van der Waals surface area contributed by atoms with Gasteiger partial charge in [-0.25, -0.2) is 12.8 Å². The van der Waals surface area contributed by atoms with E-state index in [9.17, 15) is 12.8 Å². The molecule has 1 heterocycles. The lowest BCUT2D eigenvalue weighted by atomic mass is 10.1. The van der Waals surface area contributed by atoms with Crippen LogP contribution < -0.4 is 11.2 Å². The molecule has 1 aromatic carbocycles. The zero-order chi connectivity index (χ0) is 13.3. The molecule has 96 valence electrons. The van der Waals surface area contributed by atoms with E-state index in [2.05, 4.69) is 22.7 Å². The van der Waals surface area contributed by atoms with Gasteiger partial charge in [-0.05, 0) is 18.3 Å². The van der Waals surface area contributed by atoms with Crippen molar-refractivity contribution in [2.24, 2.45) is 10.8 Å². The van der Waals surface area contributed by atoms with E-state index in [-0.39, 0.29) is 27.7 Å². The van der Waals surface area contributed by atoms with Gasteiger partial charge in [0.05, 0.1) is 11.5 Å². The van der Waals surface area contributed by atoms with Gasteiger partial charge in [-0.1, -0.05) is 12.1 Å². The topological polar surface area (TPSA) is 84.5 Å². The molecular formula is C10H10FN3O2S2. The Kier molecular flexibility index (Phi) is 3.31. The number of hydrazone groups is 1. The van der Waals surface area contributed by atoms with Gasteiger partial charge < -0.3 is 5.73 Å². The molecule has 0 radical (unpaired) electrons. The summed E-state index contributed by atoms with van der Waals surface area (Å²) in [6.45, 7) is 0. The second-order valence-corrected chi connectivity index (χ2v) is 6.21. The first-order valence-electron chi connectivity index (χ1n) is 5.05. The highest BCUT2D eigenvalue weighted by Gasteiger charge is 2.30. The number of nitrogens with two attached hydrogens (primary N) is 1. The quantitative estimate of drug-likeness (QED) is 0.582. The number of benzene rings is 1. The van der Waals surface area contributed by atoms with Crippen molar-refractivity contribution in [3.05, 3.63) is 29.6 Å². The van der Waals surface area contributed by atoms with Gasteiger partial charge in [0.25, 0.3) is 0 Å². The lowest BCUT2D eigenvalue weighted by molar-refractivity contribution is 0.564. The molecule has 0 saturated heterocycles. The molecule has 0 spiro atoms. The molecule has 18 heavy (non-hydrogen) atoms. The number of rotatable bonds is 1. The maximum Gasteiger partial charge on any atom is 0.184 e. The number of nitrogens with zero attached hydrogens (tertiary/aromatic N) is 1. The van der Waals surface area contributed by atoms with Gasteiger partial charge in [0, 0.05) is 12.0 Å². The second kappa shape index (κ2) is 4.62. The molecule has 0 atom stereocenters. The molecule has 1 aliphatic heterocycles. The van der Waals surface area contributed by atoms with Gasteiger partial charge in [0.2, 0.25) is 0 Å². The first-order valence-corrected chi connectivity index (χ1v) is 7.11. The predicted molar refractivity (Wildman–Crippen MR) is 69.5 cm³/mol. The zero-order valence-electron chi connectivity index (χ0n) is 9.18. The Bertz CT molecular complexity index is 641. The molecule has 0 aliphatic carbocycles. The Labute approximate surface area is 109 Å². The van der Waals surface area contributed by atoms with E-state index in [0.717, 1.165) is 6.07 Å². The minimum absolute atomic E-state index is 0.0334. The van der Waals surface area contributed by atoms with Crippen LogP contribution in [0.1, 0.15) is 12.0 Å². The van der Waals surface area contributed by atoms with Crippen molar-refractivity contribution >= 4 is 32.9 Å². The molecule has 0 amide bonds. The SMILES string of the molecule is NC(=S)NN=C1CCS(=O)(=O)c2c(F)cccc21. The number of nitrogens with one attached hydrogen (secondary N) is 1. The number of halogens is 1. The highest BCUT2D eigenvalue weighted by molar-refractivity contribution is 7.91. The van der Waals surface area contributed by atoms with Crippen molar-refractivity contribution in [2.45, 2.75) is 11.3 Å². The van der Waals surface area contributed by atoms with Crippen LogP contribution >= 0.6 is 12.2 Å². The van der Waals surface area contributed by atoms with Gasteiger partial charge in [0.15, 0.2) is 14.9 Å². The normalized spacial score (nSPS) is 19.3. The van der Waals surface area contributed by atoms with E-state index in [1.807, 2.05) is 0 Å². The smallest absolute Gasteiger partial charge is 0.184 e. The summed E-state index contributed by atoms with van der Waals surface area (Å²) >= 11 is 4.60. The fraction of sp³-hybridized carbons (Fsp3) is 0.200. The van der Waals surface area contributed by atoms with Crippen LogP contribution in [0, 0.1) is 5.82 Å². The first kappa shape index (κ1) is 12.9. The largest absolute Gasteiger partial charge is 0.375 e. The third-order valence-corrected chi connectivity index (χ3v) is 4.37. The molecule has 0 fully saturated rings. The molecule has 0 bridgehead atoms. The standard InChI is InChI=1S/C10H10FN3O2S2/c11-7-3-1-2-6-8(13-14-10(12)17)4-5-18(15,16)9(6)7/h1-3H,4-5H2,(H3,12,14,17). The minimum Gasteiger partial charge on any atom is -0.375 e. The van der Waals surface area contributed by atoms with E-state index in [0.29, 0.717) is 5.71 Å². The third kappa shape index (κ3) is 2.34. The molecule has 8 heteroatoms. The van der Waals surface area contributed by atoms with E-state index in [1.165, 1.54) is 12.1 Å². The number of fused-ring (bicyclic) bond motifs is 1. The lowest BCUT2D eigenvalue weighted by Gasteiger charge is -2.18. The van der Waals surface area contributed by atoms with Crippen molar-refractivity contribution in [3.63, 3.8) is 0 Å². The van der Waals surface area contributed by atoms with Crippen LogP contribution in [-0.2, 0) is 9.84 Å². The summed E-state index contributed by atoms with van der Waals surface area (Å²) in [5.41, 5.74) is 8.29. The molecule has 5 nitrogen and oxygen atoms in total. The third-order valence-electron chi connectivity index (χ3n) is 2.50. The summed E-state index contributed by atoms with van der Waals surface area (Å²) in [5.74, 6) is -0.950. The van der Waals surface area contributed by atoms with Crippen LogP contribution in [0.4, 0.5) is 4.39 Å². The lowest BCUT2D eigenvalue weighted by Crippen LogP contribution is -2.29. The molecule has 2 rings (SSSR count). The molecule has 3 N–H and O–H groups in total. The molecule has 0 unspecified atom stereocenters. The molecule has 0 aromatic heterocycles. The van der Waals surface area contributed by atoms with E-state index in [1.54, 1.807) is 0 Å². The van der Waals surface area contributed by atoms with Gasteiger partial charge >= 0.3 is 0 Å². The molecule has 1 aliphatic rings. The van der Waals surface area contributed by atoms with Crippen LogP contribution in [-0.4, -0.2) is 25.0 Å². The summed E-state index contributed by atoms with van der Waals surface area (Å²) in [6, 6.07) is 4.06. The van der Waals surface area contributed by atoms with Gasteiger partial charge in [-0.2, -0.15) is 5.10 Å². The maximum absolute atomic E-state index is 13.6. The zero-order valence-corrected chi connectivity index (χ0v) is 10.8. The minimum atomic E-state index is -3.59. The number of sulfone groups is 1. The van der Waals surface area contributed by atoms with Crippen molar-refractivity contribution in [1.82, 2.24) is 5.43 Å². The van der Waals surface area contributed by atoms with Crippen molar-refractivity contribution in [1.29, 1.82) is 0 Å². The Morgan fingerprint density at radius 2 is 2.22 bits per heavy atom. The molecular weight excluding hydrogens is 277 g/mol. The van der Waals surface area contributed by atoms with Gasteiger partial charge in [0.1, 0.15) is 10.7 Å². The number of thiocarbonyl (C=S) groups is 1. The Hall–Kier alpha value is -1.54. The highest BCUT2D eigenvalue weighted by Crippen LogP contribution is 2.27. The van der Waals surface area contributed by atoms with Crippen molar-refractivity contribution in [3.8, 4) is 0 Å². The monoisotopic (exact) mass is 287 g/mol. The maximum atomic E-state index is 13.6. The summed E-state index contributed by atoms with van der Waals surface area (Å²) in [7, 11) is -3.59. The Morgan fingerprint density at radius 1 is 1.50 bits per heavy atom. The average molecular weight is 287 g/mol. The van der Waals surface area contributed by atoms with Crippen molar-refractivity contribution < 1.29 is 12.8 Å². The second-order valence-electron chi connectivity index (χ2n) is 3.72. The number of hydrogen-bond acceptors (Lipinski definition) is 4. The van der Waals surface area contributed by atoms with Crippen LogP contribution in [0.25, 0.3) is 0 Å². The van der Waals surface area contributed by atoms with Crippen LogP contribution in [0.5, 0.6) is 0 Å². The fourth-order valence-electron chi connectivity index (χ4n) is 1.76. The molecule has 1 aromatic rings. The summed E-state index contributed by atoms with van der Waals surface area (Å²) < 4.78 is 37.3. The van der Waals surface area contributed by atoms with Crippen LogP contribution in [0.3, 0.4) is 0 Å². The van der Waals surface area contributed by atoms with Crippen LogP contribution in [0.15, 0.2) is 28.2 Å². The predicted octanol–water partition coefficient (Wildman–Crippen LogP) is 0.540. The number of hydrogen-bond donors (Lipinski definition) is 2. The van der Waals surface area contributed by atoms with E-state index < -0.39 is 15.7 Å². The average Bonchev–Trinajstić information content (AvgIpc) is 2.27. The Morgan fingerprint density at radius 3 is 2.89 bits per heavy atom. The summed E-state index contributed by atoms with van der Waals surface area (Å²) in [5, 5.41) is 3.87. The summed E-state index contributed by atoms with van der Waals surface area (Å²) in [6.07, 6.45) is 0.189. The van der Waals surface area contributed by atoms with Crippen molar-refractivity contribution in [2.75, 3.05) is 5.75 Å². The highest BCUT2D eigenvalue weighted by atomic mass is 32.2. The summed E-state index contributed by atoms with van der Waals surface area (Å²) in [4.78, 5) is -0.306. The van der Waals surface area contributed by atoms with Crippen LogP contribution in [0.2, 0.25) is 0 Å². The fourth-order valence-corrected chi connectivity index (χ4v) is 3.36. The van der Waals surface area contributed by atoms with E-state index >= 15 is 0 Å². The Balaban J connectivity index is 2.58. The van der Waals surface area contributed by atoms with Gasteiger partial charge in [-0.3, -0.25) is 5.43 Å². The first-order chi connectivity index (χ1) is 8.42.